The van der Waals surface area contributed by atoms with E-state index in [0.29, 0.717) is 11.3 Å². The molecule has 4 N–H and O–H groups in total. The summed E-state index contributed by atoms with van der Waals surface area (Å²) in [6.45, 7) is 0. The molecule has 0 aliphatic carbocycles. The minimum atomic E-state index is -1.90. The Balaban J connectivity index is 2.07. The Morgan fingerprint density at radius 1 is 0.963 bits per heavy atom. The molecule has 10 heteroatoms. The van der Waals surface area contributed by atoms with Gasteiger partial charge in [-0.25, -0.2) is 4.79 Å². The van der Waals surface area contributed by atoms with Crippen molar-refractivity contribution in [2.45, 2.75) is 9.96 Å². The molecule has 0 fully saturated rings. The first-order valence-electron chi connectivity index (χ1n) is 7.50. The molecule has 0 saturated heterocycles. The van der Waals surface area contributed by atoms with Gasteiger partial charge in [-0.3, -0.25) is 4.79 Å². The van der Waals surface area contributed by atoms with E-state index in [0.717, 1.165) is 0 Å². The van der Waals surface area contributed by atoms with Crippen LogP contribution in [0.15, 0.2) is 54.6 Å². The van der Waals surface area contributed by atoms with Crippen LogP contribution in [0.5, 0.6) is 0 Å². The van der Waals surface area contributed by atoms with Crippen molar-refractivity contribution in [3.05, 3.63) is 65.7 Å². The number of anilines is 1. The van der Waals surface area contributed by atoms with Gasteiger partial charge in [0.1, 0.15) is 6.17 Å². The van der Waals surface area contributed by atoms with E-state index in [-0.39, 0.29) is 10.7 Å². The van der Waals surface area contributed by atoms with Crippen LogP contribution in [0, 0.1) is 0 Å². The summed E-state index contributed by atoms with van der Waals surface area (Å²) < 4.78 is -1.90. The molecule has 0 spiro atoms. The highest BCUT2D eigenvalue weighted by atomic mass is 35.6. The van der Waals surface area contributed by atoms with Gasteiger partial charge in [0.25, 0.3) is 5.91 Å². The van der Waals surface area contributed by atoms with E-state index in [4.69, 9.17) is 52.1 Å². The van der Waals surface area contributed by atoms with Gasteiger partial charge in [0, 0.05) is 11.3 Å². The van der Waals surface area contributed by atoms with Crippen LogP contribution in [0.4, 0.5) is 5.69 Å². The molecule has 2 rings (SSSR count). The van der Waals surface area contributed by atoms with Gasteiger partial charge < -0.3 is 21.1 Å². The molecule has 0 saturated carbocycles. The van der Waals surface area contributed by atoms with E-state index in [1.54, 1.807) is 42.5 Å². The molecule has 1 atom stereocenters. The average Bonchev–Trinajstić information content (AvgIpc) is 2.61. The topological polar surface area (TPSA) is 90.5 Å². The maximum atomic E-state index is 12.3. The number of thiocarbonyl (C=S) groups is 1. The van der Waals surface area contributed by atoms with Crippen LogP contribution < -0.4 is 16.0 Å². The summed E-state index contributed by atoms with van der Waals surface area (Å²) in [6, 6.07) is 14.4. The van der Waals surface area contributed by atoms with Crippen molar-refractivity contribution >= 4 is 69.7 Å². The molecular formula is C17H14Cl3N3O3S. The Morgan fingerprint density at radius 3 is 2.19 bits per heavy atom. The molecule has 0 aliphatic heterocycles. The number of carboxylic acids is 1. The number of hydrogen-bond acceptors (Lipinski definition) is 3. The van der Waals surface area contributed by atoms with Gasteiger partial charge in [0.05, 0.1) is 5.56 Å². The number of carbonyl (C=O) groups excluding carboxylic acids is 1. The number of halogens is 3. The minimum Gasteiger partial charge on any atom is -0.478 e. The third-order valence-electron chi connectivity index (χ3n) is 3.28. The summed E-state index contributed by atoms with van der Waals surface area (Å²) in [5.41, 5.74) is 0.884. The highest BCUT2D eigenvalue weighted by molar-refractivity contribution is 7.80. The Hall–Kier alpha value is -2.06. The highest BCUT2D eigenvalue weighted by Crippen LogP contribution is 2.29. The first-order chi connectivity index (χ1) is 12.7. The lowest BCUT2D eigenvalue weighted by Gasteiger charge is -2.27. The Morgan fingerprint density at radius 2 is 1.59 bits per heavy atom. The fourth-order valence-electron chi connectivity index (χ4n) is 2.03. The molecule has 0 heterocycles. The maximum absolute atomic E-state index is 12.3. The third kappa shape index (κ3) is 6.55. The van der Waals surface area contributed by atoms with Crippen molar-refractivity contribution in [2.75, 3.05) is 5.32 Å². The number of benzene rings is 2. The molecule has 27 heavy (non-hydrogen) atoms. The van der Waals surface area contributed by atoms with Gasteiger partial charge in [-0.2, -0.15) is 0 Å². The SMILES string of the molecule is O=C(O)c1cccc(NC(=S)N[C@@H](NC(=O)c2ccccc2)C(Cl)(Cl)Cl)c1. The number of amides is 1. The van der Waals surface area contributed by atoms with Gasteiger partial charge in [0.2, 0.25) is 3.79 Å². The standard InChI is InChI=1S/C17H14Cl3N3O3S/c18-17(19,20)15(22-13(24)10-5-2-1-3-6-10)23-16(27)21-12-8-4-7-11(9-12)14(25)26/h1-9,15H,(H,22,24)(H,25,26)(H2,21,23,27)/t15-/m1/s1. The Bertz CT molecular complexity index is 844. The molecule has 6 nitrogen and oxygen atoms in total. The summed E-state index contributed by atoms with van der Waals surface area (Å²) in [7, 11) is 0. The highest BCUT2D eigenvalue weighted by Gasteiger charge is 2.34. The molecule has 2 aromatic rings. The number of carbonyl (C=O) groups is 2. The number of carboxylic acid groups (broad SMARTS) is 1. The minimum absolute atomic E-state index is 0.0298. The van der Waals surface area contributed by atoms with E-state index >= 15 is 0 Å². The van der Waals surface area contributed by atoms with Crippen LogP contribution in [-0.4, -0.2) is 32.1 Å². The lowest BCUT2D eigenvalue weighted by Crippen LogP contribution is -2.56. The second-order valence-corrected chi connectivity index (χ2v) is 8.08. The zero-order valence-electron chi connectivity index (χ0n) is 13.6. The van der Waals surface area contributed by atoms with Crippen molar-refractivity contribution < 1.29 is 14.7 Å². The molecular weight excluding hydrogens is 433 g/mol. The molecule has 0 unspecified atom stereocenters. The van der Waals surface area contributed by atoms with Crippen molar-refractivity contribution in [3.63, 3.8) is 0 Å². The van der Waals surface area contributed by atoms with Crippen LogP contribution in [0.25, 0.3) is 0 Å². The summed E-state index contributed by atoms with van der Waals surface area (Å²) in [4.78, 5) is 23.3. The predicted octanol–water partition coefficient (Wildman–Crippen LogP) is 3.80. The molecule has 142 valence electrons. The number of hydrogen-bond donors (Lipinski definition) is 4. The zero-order chi connectivity index (χ0) is 20.0. The largest absolute Gasteiger partial charge is 0.478 e. The summed E-state index contributed by atoms with van der Waals surface area (Å²) in [6.07, 6.45) is -1.14. The average molecular weight is 447 g/mol. The van der Waals surface area contributed by atoms with Crippen molar-refractivity contribution in [2.24, 2.45) is 0 Å². The number of aromatic carboxylic acids is 1. The molecule has 0 radical (unpaired) electrons. The molecule has 2 aromatic carbocycles. The lowest BCUT2D eigenvalue weighted by atomic mass is 10.2. The number of nitrogens with one attached hydrogen (secondary N) is 3. The van der Waals surface area contributed by atoms with Crippen LogP contribution >= 0.6 is 47.0 Å². The molecule has 0 aliphatic rings. The fourth-order valence-corrected chi connectivity index (χ4v) is 2.59. The monoisotopic (exact) mass is 445 g/mol. The van der Waals surface area contributed by atoms with Gasteiger partial charge in [-0.15, -0.1) is 0 Å². The second kappa shape index (κ2) is 9.23. The first-order valence-corrected chi connectivity index (χ1v) is 9.04. The number of rotatable bonds is 5. The smallest absolute Gasteiger partial charge is 0.335 e. The van der Waals surface area contributed by atoms with Gasteiger partial charge in [-0.1, -0.05) is 59.1 Å². The predicted molar refractivity (Wildman–Crippen MR) is 111 cm³/mol. The van der Waals surface area contributed by atoms with Crippen LogP contribution in [0.3, 0.4) is 0 Å². The zero-order valence-corrected chi connectivity index (χ0v) is 16.7. The van der Waals surface area contributed by atoms with E-state index in [2.05, 4.69) is 16.0 Å². The van der Waals surface area contributed by atoms with Crippen molar-refractivity contribution in [1.82, 2.24) is 10.6 Å². The van der Waals surface area contributed by atoms with Gasteiger partial charge in [-0.05, 0) is 42.5 Å². The Labute approximate surface area is 175 Å². The summed E-state index contributed by atoms with van der Waals surface area (Å²) in [5, 5.41) is 17.1. The van der Waals surface area contributed by atoms with Crippen molar-refractivity contribution in [1.29, 1.82) is 0 Å². The summed E-state index contributed by atoms with van der Waals surface area (Å²) in [5.74, 6) is -1.54. The lowest BCUT2D eigenvalue weighted by molar-refractivity contribution is 0.0696. The number of alkyl halides is 3. The molecule has 0 aromatic heterocycles. The van der Waals surface area contributed by atoms with E-state index in [1.165, 1.54) is 12.1 Å². The molecule has 0 bridgehead atoms. The van der Waals surface area contributed by atoms with Gasteiger partial charge in [0.15, 0.2) is 5.11 Å². The van der Waals surface area contributed by atoms with Crippen LogP contribution in [0.1, 0.15) is 20.7 Å². The first kappa shape index (κ1) is 21.2. The van der Waals surface area contributed by atoms with E-state index in [1.807, 2.05) is 0 Å². The van der Waals surface area contributed by atoms with E-state index < -0.39 is 21.8 Å². The van der Waals surface area contributed by atoms with Crippen molar-refractivity contribution in [3.8, 4) is 0 Å². The second-order valence-electron chi connectivity index (χ2n) is 5.30. The Kier molecular flexibility index (Phi) is 7.26. The molecule has 1 amide bonds. The van der Waals surface area contributed by atoms with Crippen LogP contribution in [0.2, 0.25) is 0 Å². The van der Waals surface area contributed by atoms with E-state index in [9.17, 15) is 9.59 Å². The normalized spacial score (nSPS) is 12.0. The quantitative estimate of drug-likeness (QED) is 0.317. The fraction of sp³-hybridized carbons (Fsp3) is 0.118. The summed E-state index contributed by atoms with van der Waals surface area (Å²) >= 11 is 23.0. The van der Waals surface area contributed by atoms with Crippen LogP contribution in [-0.2, 0) is 0 Å². The third-order valence-corrected chi connectivity index (χ3v) is 4.16. The van der Waals surface area contributed by atoms with Gasteiger partial charge >= 0.3 is 5.97 Å². The maximum Gasteiger partial charge on any atom is 0.335 e.